The zero-order valence-electron chi connectivity index (χ0n) is 13.0. The van der Waals surface area contributed by atoms with Crippen LogP contribution in [0.3, 0.4) is 0 Å². The van der Waals surface area contributed by atoms with Crippen LogP contribution in [0.25, 0.3) is 22.6 Å². The molecule has 1 aliphatic rings. The summed E-state index contributed by atoms with van der Waals surface area (Å²) in [4.78, 5) is 17.1. The van der Waals surface area contributed by atoms with Crippen LogP contribution in [0.5, 0.6) is 0 Å². The standard InChI is InChI=1S/C17H18N4OS/c1-2-23(22)12-7-11-5-3-4-6-13(11)14(8-12)16-20-15-9-18-10-19-17(15)21-16/h7-10H,2-6H2,1H3,(H,18,19,20,21). The summed E-state index contributed by atoms with van der Waals surface area (Å²) in [5.74, 6) is 1.43. The molecular weight excluding hydrogens is 308 g/mol. The van der Waals surface area contributed by atoms with E-state index in [4.69, 9.17) is 0 Å². The van der Waals surface area contributed by atoms with Crippen LogP contribution in [0.2, 0.25) is 0 Å². The molecule has 2 aromatic heterocycles. The van der Waals surface area contributed by atoms with E-state index < -0.39 is 11.2 Å². The van der Waals surface area contributed by atoms with E-state index in [1.165, 1.54) is 30.3 Å². The molecule has 0 saturated heterocycles. The van der Waals surface area contributed by atoms with Crippen molar-refractivity contribution in [2.24, 2.45) is 0 Å². The van der Waals surface area contributed by atoms with Crippen LogP contribution in [-0.2, 0) is 24.0 Å². The molecule has 1 aliphatic carbocycles. The van der Waals surface area contributed by atoms with Crippen molar-refractivity contribution in [2.45, 2.75) is 37.5 Å². The molecule has 0 saturated carbocycles. The maximum atomic E-state index is 12.3. The molecule has 23 heavy (non-hydrogen) atoms. The zero-order valence-corrected chi connectivity index (χ0v) is 13.8. The molecule has 6 heteroatoms. The van der Waals surface area contributed by atoms with Gasteiger partial charge in [0.1, 0.15) is 23.4 Å². The van der Waals surface area contributed by atoms with Crippen molar-refractivity contribution in [1.29, 1.82) is 0 Å². The summed E-state index contributed by atoms with van der Waals surface area (Å²) in [6.45, 7) is 1.95. The van der Waals surface area contributed by atoms with E-state index in [0.717, 1.165) is 40.3 Å². The maximum Gasteiger partial charge on any atom is 0.161 e. The lowest BCUT2D eigenvalue weighted by Gasteiger charge is -2.20. The van der Waals surface area contributed by atoms with Gasteiger partial charge in [0.15, 0.2) is 10.5 Å². The predicted octanol–water partition coefficient (Wildman–Crippen LogP) is 3.03. The summed E-state index contributed by atoms with van der Waals surface area (Å²) in [5.41, 5.74) is 5.21. The van der Waals surface area contributed by atoms with Crippen molar-refractivity contribution >= 4 is 22.3 Å². The van der Waals surface area contributed by atoms with E-state index in [2.05, 4.69) is 26.0 Å². The van der Waals surface area contributed by atoms with E-state index in [-0.39, 0.29) is 0 Å². The van der Waals surface area contributed by atoms with E-state index in [1.807, 2.05) is 13.0 Å². The molecule has 0 aliphatic heterocycles. The molecule has 0 amide bonds. The molecule has 4 rings (SSSR count). The van der Waals surface area contributed by atoms with Gasteiger partial charge in [-0.2, -0.15) is 0 Å². The maximum absolute atomic E-state index is 12.3. The summed E-state index contributed by atoms with van der Waals surface area (Å²) in [6, 6.07) is 4.16. The largest absolute Gasteiger partial charge is 0.611 e. The van der Waals surface area contributed by atoms with Crippen molar-refractivity contribution in [3.63, 3.8) is 0 Å². The number of aryl methyl sites for hydroxylation is 1. The first-order chi connectivity index (χ1) is 11.3. The van der Waals surface area contributed by atoms with Gasteiger partial charge in [-0.05, 0) is 61.0 Å². The van der Waals surface area contributed by atoms with E-state index in [1.54, 1.807) is 6.20 Å². The molecule has 1 atom stereocenters. The molecule has 0 bridgehead atoms. The Hall–Kier alpha value is -1.92. The lowest BCUT2D eigenvalue weighted by atomic mass is 9.88. The number of nitrogens with one attached hydrogen (secondary N) is 1. The summed E-state index contributed by atoms with van der Waals surface area (Å²) < 4.78 is 12.3. The van der Waals surface area contributed by atoms with Crippen molar-refractivity contribution in [3.05, 3.63) is 35.8 Å². The molecule has 0 radical (unpaired) electrons. The average molecular weight is 326 g/mol. The SMILES string of the molecule is CC[S+]([O-])c1cc2c(c(-c3nc4cncnc4[nH]3)c1)CCCC2. The number of fused-ring (bicyclic) bond motifs is 2. The van der Waals surface area contributed by atoms with Gasteiger partial charge >= 0.3 is 0 Å². The third-order valence-corrected chi connectivity index (χ3v) is 5.67. The van der Waals surface area contributed by atoms with Gasteiger partial charge in [0.2, 0.25) is 0 Å². The first-order valence-electron chi connectivity index (χ1n) is 7.96. The monoisotopic (exact) mass is 326 g/mol. The minimum atomic E-state index is -0.960. The fraction of sp³-hybridized carbons (Fsp3) is 0.353. The van der Waals surface area contributed by atoms with Crippen LogP contribution < -0.4 is 0 Å². The fourth-order valence-corrected chi connectivity index (χ4v) is 4.09. The number of benzene rings is 1. The van der Waals surface area contributed by atoms with Gasteiger partial charge in [-0.25, -0.2) is 15.0 Å². The highest BCUT2D eigenvalue weighted by Crippen LogP contribution is 2.34. The van der Waals surface area contributed by atoms with Gasteiger partial charge in [0.25, 0.3) is 0 Å². The third-order valence-electron chi connectivity index (χ3n) is 4.38. The van der Waals surface area contributed by atoms with Crippen molar-refractivity contribution in [3.8, 4) is 11.4 Å². The number of hydrogen-bond acceptors (Lipinski definition) is 4. The van der Waals surface area contributed by atoms with Gasteiger partial charge < -0.3 is 9.54 Å². The zero-order chi connectivity index (χ0) is 15.8. The van der Waals surface area contributed by atoms with Crippen LogP contribution in [-0.4, -0.2) is 30.2 Å². The van der Waals surface area contributed by atoms with Crippen LogP contribution in [0, 0.1) is 0 Å². The first kappa shape index (κ1) is 14.7. The summed E-state index contributed by atoms with van der Waals surface area (Å²) >= 11 is -0.960. The van der Waals surface area contributed by atoms with E-state index in [0.29, 0.717) is 5.75 Å². The van der Waals surface area contributed by atoms with Crippen LogP contribution in [0.4, 0.5) is 0 Å². The lowest BCUT2D eigenvalue weighted by Crippen LogP contribution is -2.10. The molecule has 1 aromatic carbocycles. The van der Waals surface area contributed by atoms with Gasteiger partial charge in [0.05, 0.1) is 6.20 Å². The summed E-state index contributed by atoms with van der Waals surface area (Å²) in [5, 5.41) is 0. The highest BCUT2D eigenvalue weighted by atomic mass is 32.2. The Balaban J connectivity index is 1.91. The fourth-order valence-electron chi connectivity index (χ4n) is 3.24. The Labute approximate surface area is 137 Å². The number of nitrogens with zero attached hydrogens (tertiary/aromatic N) is 3. The molecule has 2 heterocycles. The number of rotatable bonds is 3. The van der Waals surface area contributed by atoms with Gasteiger partial charge in [-0.15, -0.1) is 0 Å². The number of aromatic amines is 1. The highest BCUT2D eigenvalue weighted by molar-refractivity contribution is 7.91. The van der Waals surface area contributed by atoms with Crippen molar-refractivity contribution < 1.29 is 4.55 Å². The van der Waals surface area contributed by atoms with Crippen molar-refractivity contribution in [2.75, 3.05) is 5.75 Å². The van der Waals surface area contributed by atoms with E-state index >= 15 is 0 Å². The Morgan fingerprint density at radius 1 is 1.26 bits per heavy atom. The number of imidazole rings is 1. The molecule has 3 aromatic rings. The van der Waals surface area contributed by atoms with E-state index in [9.17, 15) is 4.55 Å². The Bertz CT molecular complexity index is 828. The van der Waals surface area contributed by atoms with Crippen LogP contribution in [0.15, 0.2) is 29.6 Å². The topological polar surface area (TPSA) is 77.5 Å². The molecule has 0 spiro atoms. The van der Waals surface area contributed by atoms with Crippen molar-refractivity contribution in [1.82, 2.24) is 19.9 Å². The highest BCUT2D eigenvalue weighted by Gasteiger charge is 2.21. The molecule has 118 valence electrons. The number of aromatic nitrogens is 4. The smallest absolute Gasteiger partial charge is 0.161 e. The number of hydrogen-bond donors (Lipinski definition) is 1. The lowest BCUT2D eigenvalue weighted by molar-refractivity contribution is 0.595. The Morgan fingerprint density at radius 3 is 2.96 bits per heavy atom. The second-order valence-corrected chi connectivity index (χ2v) is 7.53. The molecular formula is C17H18N4OS. The Kier molecular flexibility index (Phi) is 3.79. The first-order valence-corrected chi connectivity index (χ1v) is 9.28. The quantitative estimate of drug-likeness (QED) is 0.751. The Morgan fingerprint density at radius 2 is 2.13 bits per heavy atom. The molecule has 1 unspecified atom stereocenters. The normalized spacial score (nSPS) is 15.6. The van der Waals surface area contributed by atoms with Gasteiger partial charge in [-0.1, -0.05) is 0 Å². The van der Waals surface area contributed by atoms with Gasteiger partial charge in [0, 0.05) is 11.6 Å². The minimum absolute atomic E-state index is 0.629. The minimum Gasteiger partial charge on any atom is -0.611 e. The molecule has 1 N–H and O–H groups in total. The molecule has 5 nitrogen and oxygen atoms in total. The second kappa shape index (κ2) is 5.94. The van der Waals surface area contributed by atoms with Crippen LogP contribution >= 0.6 is 0 Å². The predicted molar refractivity (Wildman–Crippen MR) is 90.7 cm³/mol. The summed E-state index contributed by atoms with van der Waals surface area (Å²) in [6.07, 6.45) is 7.71. The summed E-state index contributed by atoms with van der Waals surface area (Å²) in [7, 11) is 0. The third kappa shape index (κ3) is 2.62. The second-order valence-electron chi connectivity index (χ2n) is 5.79. The van der Waals surface area contributed by atoms with Crippen LogP contribution in [0.1, 0.15) is 30.9 Å². The van der Waals surface area contributed by atoms with Gasteiger partial charge in [-0.3, -0.25) is 0 Å². The number of H-pyrrole nitrogens is 1. The molecule has 0 fully saturated rings. The average Bonchev–Trinajstić information content (AvgIpc) is 3.04.